The highest BCUT2D eigenvalue weighted by Crippen LogP contribution is 2.24. The maximum atomic E-state index is 13.9. The van der Waals surface area contributed by atoms with Gasteiger partial charge in [-0.1, -0.05) is 6.07 Å². The topological polar surface area (TPSA) is 29.5 Å². The van der Waals surface area contributed by atoms with Gasteiger partial charge in [-0.25, -0.2) is 4.39 Å². The summed E-state index contributed by atoms with van der Waals surface area (Å²) in [6, 6.07) is 4.60. The molecule has 3 nitrogen and oxygen atoms in total. The standard InChI is InChI=1S/C14H20FNO2/c1-4-16(9-10-18-5-2)14-12(11(3)17)7-6-8-13(14)15/h6-8H,4-5,9-10H2,1-3H3. The minimum atomic E-state index is -0.360. The summed E-state index contributed by atoms with van der Waals surface area (Å²) in [6.07, 6.45) is 0. The summed E-state index contributed by atoms with van der Waals surface area (Å²) in [4.78, 5) is 13.4. The second-order valence-corrected chi connectivity index (χ2v) is 3.97. The molecule has 0 radical (unpaired) electrons. The van der Waals surface area contributed by atoms with E-state index in [0.717, 1.165) is 0 Å². The first-order valence-electron chi connectivity index (χ1n) is 6.23. The van der Waals surface area contributed by atoms with Crippen molar-refractivity contribution in [2.75, 3.05) is 31.2 Å². The summed E-state index contributed by atoms with van der Waals surface area (Å²) in [7, 11) is 0. The zero-order valence-corrected chi connectivity index (χ0v) is 11.2. The third kappa shape index (κ3) is 3.53. The molecule has 1 aromatic rings. The number of hydrogen-bond acceptors (Lipinski definition) is 3. The van der Waals surface area contributed by atoms with Crippen molar-refractivity contribution in [3.63, 3.8) is 0 Å². The number of nitrogens with zero attached hydrogens (tertiary/aromatic N) is 1. The Labute approximate surface area is 108 Å². The van der Waals surface area contributed by atoms with Gasteiger partial charge in [0.25, 0.3) is 0 Å². The molecule has 0 aliphatic carbocycles. The number of Topliss-reactive ketones (excluding diaryl/α,β-unsaturated/α-hetero) is 1. The van der Waals surface area contributed by atoms with Gasteiger partial charge < -0.3 is 9.64 Å². The van der Waals surface area contributed by atoms with Crippen LogP contribution in [0, 0.1) is 5.82 Å². The summed E-state index contributed by atoms with van der Waals surface area (Å²) >= 11 is 0. The fourth-order valence-electron chi connectivity index (χ4n) is 1.87. The molecule has 0 amide bonds. The fraction of sp³-hybridized carbons (Fsp3) is 0.500. The van der Waals surface area contributed by atoms with Crippen LogP contribution >= 0.6 is 0 Å². The minimum absolute atomic E-state index is 0.126. The fourth-order valence-corrected chi connectivity index (χ4v) is 1.87. The Morgan fingerprint density at radius 1 is 1.39 bits per heavy atom. The van der Waals surface area contributed by atoms with E-state index >= 15 is 0 Å². The second kappa shape index (κ2) is 7.11. The van der Waals surface area contributed by atoms with Crippen molar-refractivity contribution in [1.82, 2.24) is 0 Å². The lowest BCUT2D eigenvalue weighted by atomic mass is 10.1. The molecule has 1 aromatic carbocycles. The first kappa shape index (κ1) is 14.6. The largest absolute Gasteiger partial charge is 0.380 e. The molecular weight excluding hydrogens is 233 g/mol. The normalized spacial score (nSPS) is 10.4. The van der Waals surface area contributed by atoms with E-state index in [9.17, 15) is 9.18 Å². The number of benzene rings is 1. The van der Waals surface area contributed by atoms with Crippen molar-refractivity contribution in [2.24, 2.45) is 0 Å². The molecule has 0 fully saturated rings. The smallest absolute Gasteiger partial charge is 0.161 e. The average molecular weight is 253 g/mol. The van der Waals surface area contributed by atoms with Crippen LogP contribution in [0.1, 0.15) is 31.1 Å². The van der Waals surface area contributed by atoms with Gasteiger partial charge in [-0.15, -0.1) is 0 Å². The van der Waals surface area contributed by atoms with Gasteiger partial charge in [0.1, 0.15) is 5.82 Å². The quantitative estimate of drug-likeness (QED) is 0.553. The number of carbonyl (C=O) groups is 1. The van der Waals surface area contributed by atoms with Crippen LogP contribution in [-0.2, 0) is 4.74 Å². The number of hydrogen-bond donors (Lipinski definition) is 0. The van der Waals surface area contributed by atoms with Crippen LogP contribution < -0.4 is 4.90 Å². The number of para-hydroxylation sites is 1. The van der Waals surface area contributed by atoms with Gasteiger partial charge in [-0.2, -0.15) is 0 Å². The second-order valence-electron chi connectivity index (χ2n) is 3.97. The molecule has 0 saturated heterocycles. The van der Waals surface area contributed by atoms with E-state index in [4.69, 9.17) is 4.74 Å². The number of rotatable bonds is 7. The third-order valence-electron chi connectivity index (χ3n) is 2.77. The molecular formula is C14H20FNO2. The first-order chi connectivity index (χ1) is 8.61. The predicted molar refractivity (Wildman–Crippen MR) is 70.8 cm³/mol. The number of carbonyl (C=O) groups excluding carboxylic acids is 1. The highest BCUT2D eigenvalue weighted by atomic mass is 19.1. The van der Waals surface area contributed by atoms with Crippen molar-refractivity contribution in [1.29, 1.82) is 0 Å². The van der Waals surface area contributed by atoms with Gasteiger partial charge in [-0.05, 0) is 32.9 Å². The molecule has 4 heteroatoms. The number of likely N-dealkylation sites (N-methyl/N-ethyl adjacent to an activating group) is 1. The minimum Gasteiger partial charge on any atom is -0.380 e. The predicted octanol–water partition coefficient (Wildman–Crippen LogP) is 2.89. The molecule has 0 unspecified atom stereocenters. The SMILES string of the molecule is CCOCCN(CC)c1c(F)cccc1C(C)=O. The van der Waals surface area contributed by atoms with Crippen LogP contribution in [0.2, 0.25) is 0 Å². The van der Waals surface area contributed by atoms with Crippen molar-refractivity contribution in [2.45, 2.75) is 20.8 Å². The van der Waals surface area contributed by atoms with E-state index < -0.39 is 0 Å². The Hall–Kier alpha value is -1.42. The summed E-state index contributed by atoms with van der Waals surface area (Å²) in [6.45, 7) is 7.67. The molecule has 0 heterocycles. The molecule has 0 N–H and O–H groups in total. The van der Waals surface area contributed by atoms with E-state index in [-0.39, 0.29) is 11.6 Å². The molecule has 0 aromatic heterocycles. The summed E-state index contributed by atoms with van der Waals surface area (Å²) < 4.78 is 19.2. The van der Waals surface area contributed by atoms with Crippen LogP contribution in [0.25, 0.3) is 0 Å². The molecule has 0 spiro atoms. The Morgan fingerprint density at radius 2 is 2.11 bits per heavy atom. The lowest BCUT2D eigenvalue weighted by Gasteiger charge is -2.25. The summed E-state index contributed by atoms with van der Waals surface area (Å²) in [5, 5.41) is 0. The van der Waals surface area contributed by atoms with E-state index in [1.165, 1.54) is 13.0 Å². The van der Waals surface area contributed by atoms with Crippen LogP contribution in [-0.4, -0.2) is 32.1 Å². The highest BCUT2D eigenvalue weighted by Gasteiger charge is 2.17. The zero-order valence-electron chi connectivity index (χ0n) is 11.2. The Morgan fingerprint density at radius 3 is 2.67 bits per heavy atom. The van der Waals surface area contributed by atoms with E-state index in [1.54, 1.807) is 12.1 Å². The molecule has 0 bridgehead atoms. The lowest BCUT2D eigenvalue weighted by molar-refractivity contribution is 0.101. The maximum Gasteiger partial charge on any atom is 0.161 e. The molecule has 100 valence electrons. The van der Waals surface area contributed by atoms with Gasteiger partial charge in [0.05, 0.1) is 12.3 Å². The molecule has 18 heavy (non-hydrogen) atoms. The number of ether oxygens (including phenoxy) is 1. The molecule has 1 rings (SSSR count). The van der Waals surface area contributed by atoms with E-state index in [2.05, 4.69) is 0 Å². The van der Waals surface area contributed by atoms with Crippen molar-refractivity contribution >= 4 is 11.5 Å². The first-order valence-corrected chi connectivity index (χ1v) is 6.23. The van der Waals surface area contributed by atoms with Crippen molar-refractivity contribution < 1.29 is 13.9 Å². The van der Waals surface area contributed by atoms with E-state index in [1.807, 2.05) is 18.7 Å². The van der Waals surface area contributed by atoms with Gasteiger partial charge in [0, 0.05) is 25.3 Å². The van der Waals surface area contributed by atoms with Crippen LogP contribution in [0.15, 0.2) is 18.2 Å². The van der Waals surface area contributed by atoms with Crippen LogP contribution in [0.5, 0.6) is 0 Å². The number of anilines is 1. The Kier molecular flexibility index (Phi) is 5.78. The van der Waals surface area contributed by atoms with Crippen LogP contribution in [0.3, 0.4) is 0 Å². The summed E-state index contributed by atoms with van der Waals surface area (Å²) in [5.74, 6) is -0.486. The highest BCUT2D eigenvalue weighted by molar-refractivity contribution is 5.99. The average Bonchev–Trinajstić information content (AvgIpc) is 2.35. The van der Waals surface area contributed by atoms with Crippen molar-refractivity contribution in [3.05, 3.63) is 29.6 Å². The molecule has 0 saturated carbocycles. The Balaban J connectivity index is 3.00. The monoisotopic (exact) mass is 253 g/mol. The summed E-state index contributed by atoms with van der Waals surface area (Å²) in [5.41, 5.74) is 0.806. The molecule has 0 aliphatic rings. The van der Waals surface area contributed by atoms with E-state index in [0.29, 0.717) is 37.6 Å². The molecule has 0 atom stereocenters. The zero-order chi connectivity index (χ0) is 13.5. The number of ketones is 1. The van der Waals surface area contributed by atoms with Crippen molar-refractivity contribution in [3.8, 4) is 0 Å². The van der Waals surface area contributed by atoms with Gasteiger partial charge in [-0.3, -0.25) is 4.79 Å². The van der Waals surface area contributed by atoms with Gasteiger partial charge in [0.15, 0.2) is 5.78 Å². The Bertz CT molecular complexity index is 407. The number of halogens is 1. The van der Waals surface area contributed by atoms with Crippen LogP contribution in [0.4, 0.5) is 10.1 Å². The lowest BCUT2D eigenvalue weighted by Crippen LogP contribution is -2.29. The third-order valence-corrected chi connectivity index (χ3v) is 2.77. The van der Waals surface area contributed by atoms with Gasteiger partial charge in [0.2, 0.25) is 0 Å². The van der Waals surface area contributed by atoms with Gasteiger partial charge >= 0.3 is 0 Å². The molecule has 0 aliphatic heterocycles. The maximum absolute atomic E-state index is 13.9.